The summed E-state index contributed by atoms with van der Waals surface area (Å²) in [7, 11) is 3.44. The van der Waals surface area contributed by atoms with Crippen molar-refractivity contribution in [1.82, 2.24) is 4.31 Å². The minimum Gasteiger partial charge on any atom is -0.351 e. The summed E-state index contributed by atoms with van der Waals surface area (Å²) < 4.78 is 1.62. The highest BCUT2D eigenvalue weighted by Crippen LogP contribution is 1.95. The van der Waals surface area contributed by atoms with Crippen LogP contribution in [-0.4, -0.2) is 33.8 Å². The predicted octanol–water partition coefficient (Wildman–Crippen LogP) is 0.382. The Labute approximate surface area is 62.3 Å². The number of aliphatic hydroxyl groups excluding tert-OH is 1. The second kappa shape index (κ2) is 4.00. The lowest BCUT2D eigenvalue weighted by molar-refractivity contribution is -0.106. The largest absolute Gasteiger partial charge is 0.351 e. The standard InChI is InChI=1S/C4H8ClNO2S/c1-6(2)9-4(8)3(5)7/h8-9H,1-2H3. The lowest BCUT2D eigenvalue weighted by atomic mass is 10.8. The van der Waals surface area contributed by atoms with E-state index in [2.05, 4.69) is 0 Å². The Morgan fingerprint density at radius 2 is 2.11 bits per heavy atom. The van der Waals surface area contributed by atoms with E-state index in [1.165, 1.54) is 0 Å². The van der Waals surface area contributed by atoms with Crippen LogP contribution >= 0.6 is 23.1 Å². The molecule has 0 rings (SSSR count). The van der Waals surface area contributed by atoms with Crippen LogP contribution in [0.5, 0.6) is 0 Å². The van der Waals surface area contributed by atoms with Crippen molar-refractivity contribution in [3.05, 3.63) is 0 Å². The molecule has 0 unspecified atom stereocenters. The number of aliphatic hydroxyl groups is 1. The molecule has 0 radical (unpaired) electrons. The van der Waals surface area contributed by atoms with Crippen LogP contribution in [0.2, 0.25) is 0 Å². The van der Waals surface area contributed by atoms with Crippen LogP contribution in [0, 0.1) is 0 Å². The molecule has 1 N–H and O–H groups in total. The number of carbonyl (C=O) groups excluding carboxylic acids is 1. The van der Waals surface area contributed by atoms with Crippen LogP contribution in [-0.2, 0) is 4.79 Å². The number of carbonyl (C=O) groups is 1. The van der Waals surface area contributed by atoms with Crippen LogP contribution in [0.25, 0.3) is 0 Å². The van der Waals surface area contributed by atoms with Crippen molar-refractivity contribution in [2.75, 3.05) is 14.1 Å². The molecular formula is C4H8ClNO2S. The normalized spacial score (nSPS) is 13.2. The maximum atomic E-state index is 10.1. The average Bonchev–Trinajstić information content (AvgIpc) is 1.63. The minimum absolute atomic E-state index is 0.346. The van der Waals surface area contributed by atoms with Gasteiger partial charge in [-0.15, -0.1) is 0 Å². The molecule has 0 aromatic rings. The second-order valence-corrected chi connectivity index (χ2v) is 3.31. The number of hydrogen-bond acceptors (Lipinski definition) is 2. The van der Waals surface area contributed by atoms with Crippen LogP contribution in [0.4, 0.5) is 0 Å². The summed E-state index contributed by atoms with van der Waals surface area (Å²) in [4.78, 5) is 10.1. The number of rotatable bonds is 2. The maximum absolute atomic E-state index is 10.1. The summed E-state index contributed by atoms with van der Waals surface area (Å²) >= 11 is 5.34. The fraction of sp³-hybridized carbons (Fsp3) is 0.500. The number of thiol groups is 1. The minimum atomic E-state index is -0.801. The first-order valence-electron chi connectivity index (χ1n) is 2.18. The van der Waals surface area contributed by atoms with E-state index >= 15 is 0 Å². The Morgan fingerprint density at radius 3 is 2.22 bits per heavy atom. The molecule has 54 valence electrons. The first-order valence-corrected chi connectivity index (χ1v) is 3.41. The monoisotopic (exact) mass is 169 g/mol. The summed E-state index contributed by atoms with van der Waals surface area (Å²) in [6.07, 6.45) is 0. The summed E-state index contributed by atoms with van der Waals surface area (Å²) in [6.45, 7) is 0. The molecule has 0 atom stereocenters. The van der Waals surface area contributed by atoms with Crippen molar-refractivity contribution in [3.63, 3.8) is 0 Å². The molecule has 9 heavy (non-hydrogen) atoms. The second-order valence-electron chi connectivity index (χ2n) is 1.54. The molecule has 0 fully saturated rings. The average molecular weight is 170 g/mol. The molecular weight excluding hydrogens is 162 g/mol. The molecule has 0 saturated heterocycles. The number of halogens is 1. The van der Waals surface area contributed by atoms with E-state index in [0.717, 1.165) is 0 Å². The molecule has 0 aromatic carbocycles. The predicted molar refractivity (Wildman–Crippen MR) is 41.2 cm³/mol. The van der Waals surface area contributed by atoms with E-state index in [1.54, 1.807) is 18.4 Å². The van der Waals surface area contributed by atoms with Crippen molar-refractivity contribution in [2.24, 2.45) is 0 Å². The topological polar surface area (TPSA) is 40.5 Å². The van der Waals surface area contributed by atoms with Crippen molar-refractivity contribution in [2.45, 2.75) is 0 Å². The zero-order valence-corrected chi connectivity index (χ0v) is 6.78. The van der Waals surface area contributed by atoms with E-state index in [0.29, 0.717) is 11.5 Å². The van der Waals surface area contributed by atoms with Crippen molar-refractivity contribution >= 4 is 33.4 Å². The Balaban J connectivity index is 4.00. The fourth-order valence-electron chi connectivity index (χ4n) is 0.229. The zero-order valence-electron chi connectivity index (χ0n) is 5.13. The van der Waals surface area contributed by atoms with Gasteiger partial charge in [0.05, 0.1) is 0 Å². The van der Waals surface area contributed by atoms with Gasteiger partial charge >= 0.3 is 0 Å². The van der Waals surface area contributed by atoms with Gasteiger partial charge in [0.15, 0.2) is 5.05 Å². The third kappa shape index (κ3) is 4.59. The van der Waals surface area contributed by atoms with Gasteiger partial charge in [0.2, 0.25) is 0 Å². The van der Waals surface area contributed by atoms with Gasteiger partial charge in [0.25, 0.3) is 5.24 Å². The van der Waals surface area contributed by atoms with Gasteiger partial charge in [-0.1, -0.05) is 11.5 Å². The summed E-state index contributed by atoms with van der Waals surface area (Å²) in [6, 6.07) is 0. The Hall–Kier alpha value is 0.1000. The summed E-state index contributed by atoms with van der Waals surface area (Å²) in [5, 5.41) is 7.53. The maximum Gasteiger partial charge on any atom is 0.282 e. The first kappa shape index (κ1) is 9.10. The van der Waals surface area contributed by atoms with Gasteiger partial charge in [-0.2, -0.15) is 0 Å². The Kier molecular flexibility index (Phi) is 4.05. The highest BCUT2D eigenvalue weighted by atomic mass is 35.5. The number of hydrogen-bond donors (Lipinski definition) is 2. The molecule has 0 spiro atoms. The molecule has 0 heterocycles. The van der Waals surface area contributed by atoms with Gasteiger partial charge in [-0.3, -0.25) is 9.10 Å². The van der Waals surface area contributed by atoms with E-state index in [9.17, 15) is 4.79 Å². The number of nitrogens with zero attached hydrogens (tertiary/aromatic N) is 1. The highest BCUT2D eigenvalue weighted by molar-refractivity contribution is 7.97. The van der Waals surface area contributed by atoms with Crippen LogP contribution in [0.3, 0.4) is 0 Å². The molecule has 0 bridgehead atoms. The highest BCUT2D eigenvalue weighted by Gasteiger charge is 1.99. The zero-order chi connectivity index (χ0) is 7.44. The van der Waals surface area contributed by atoms with Crippen LogP contribution < -0.4 is 0 Å². The summed E-state index contributed by atoms with van der Waals surface area (Å²) in [5.41, 5.74) is 0. The SMILES string of the molecule is CN(C)[SH]=C(O)C(=O)Cl. The Morgan fingerprint density at radius 1 is 1.67 bits per heavy atom. The lowest BCUT2D eigenvalue weighted by Gasteiger charge is -2.00. The molecule has 0 amide bonds. The molecule has 0 aliphatic rings. The van der Waals surface area contributed by atoms with Crippen LogP contribution in [0.1, 0.15) is 0 Å². The van der Waals surface area contributed by atoms with Crippen molar-refractivity contribution in [3.8, 4) is 0 Å². The molecule has 0 aromatic heterocycles. The molecule has 3 nitrogen and oxygen atoms in total. The first-order chi connectivity index (χ1) is 4.04. The van der Waals surface area contributed by atoms with Gasteiger partial charge in [0.1, 0.15) is 0 Å². The molecule has 5 heteroatoms. The molecule has 0 aliphatic heterocycles. The fourth-order valence-corrected chi connectivity index (χ4v) is 0.800. The van der Waals surface area contributed by atoms with Gasteiger partial charge < -0.3 is 5.11 Å². The van der Waals surface area contributed by atoms with Gasteiger partial charge in [0, 0.05) is 0 Å². The van der Waals surface area contributed by atoms with E-state index in [-0.39, 0.29) is 5.05 Å². The van der Waals surface area contributed by atoms with Gasteiger partial charge in [-0.05, 0) is 25.7 Å². The molecule has 0 aliphatic carbocycles. The quantitative estimate of drug-likeness (QED) is 0.357. The smallest absolute Gasteiger partial charge is 0.282 e. The van der Waals surface area contributed by atoms with Crippen molar-refractivity contribution < 1.29 is 9.90 Å². The molecule has 0 saturated carbocycles. The van der Waals surface area contributed by atoms with Gasteiger partial charge in [-0.25, -0.2) is 0 Å². The third-order valence-electron chi connectivity index (χ3n) is 0.471. The third-order valence-corrected chi connectivity index (χ3v) is 1.57. The van der Waals surface area contributed by atoms with Crippen LogP contribution in [0.15, 0.2) is 0 Å². The van der Waals surface area contributed by atoms with E-state index in [1.807, 2.05) is 0 Å². The summed E-state index contributed by atoms with van der Waals surface area (Å²) in [5.74, 6) is 0. The lowest BCUT2D eigenvalue weighted by Crippen LogP contribution is -2.08. The van der Waals surface area contributed by atoms with Crippen molar-refractivity contribution in [1.29, 1.82) is 0 Å². The Bertz CT molecular complexity index is 146. The van der Waals surface area contributed by atoms with E-state index in [4.69, 9.17) is 16.7 Å². The van der Waals surface area contributed by atoms with E-state index < -0.39 is 5.24 Å².